The zero-order valence-corrected chi connectivity index (χ0v) is 15.5. The maximum Gasteiger partial charge on any atom is 0.387 e. The van der Waals surface area contributed by atoms with Gasteiger partial charge in [0.15, 0.2) is 5.65 Å². The molecule has 1 saturated heterocycles. The molecule has 0 bridgehead atoms. The second kappa shape index (κ2) is 7.41. The minimum Gasteiger partial charge on any atom is -0.435 e. The number of alkyl halides is 2. The van der Waals surface area contributed by atoms with Gasteiger partial charge in [-0.1, -0.05) is 6.07 Å². The zero-order valence-electron chi connectivity index (χ0n) is 13.9. The normalized spacial score (nSPS) is 14.8. The number of pyridine rings is 1. The summed E-state index contributed by atoms with van der Waals surface area (Å²) in [6, 6.07) is 8.63. The Hall–Kier alpha value is -2.23. The highest BCUT2D eigenvalue weighted by atomic mass is 35.5. The quantitative estimate of drug-likeness (QED) is 0.693. The molecule has 3 heterocycles. The van der Waals surface area contributed by atoms with Crippen LogP contribution in [0.5, 0.6) is 5.75 Å². The van der Waals surface area contributed by atoms with E-state index in [1.54, 1.807) is 12.3 Å². The third kappa shape index (κ3) is 3.62. The van der Waals surface area contributed by atoms with Crippen LogP contribution in [0, 0.1) is 0 Å². The lowest BCUT2D eigenvalue weighted by atomic mass is 9.95. The fourth-order valence-electron chi connectivity index (χ4n) is 2.88. The summed E-state index contributed by atoms with van der Waals surface area (Å²) in [6.45, 7) is -1.27. The van der Waals surface area contributed by atoms with E-state index >= 15 is 0 Å². The van der Waals surface area contributed by atoms with Gasteiger partial charge in [0, 0.05) is 42.9 Å². The standard InChI is InChI=1S/C17H15F2N3O3S.ClH/c18-17(19)25-14-2-1-3-15(7-14)26(23,24)22-5-4-11-6-12(10-21-16(11)22)13-8-20-9-13;/h1-7,10,13,17,20H,8-9H2;1H. The van der Waals surface area contributed by atoms with Crippen LogP contribution < -0.4 is 10.1 Å². The third-order valence-corrected chi connectivity index (χ3v) is 6.02. The van der Waals surface area contributed by atoms with Crippen LogP contribution in [0.1, 0.15) is 11.5 Å². The average molecular weight is 416 g/mol. The Morgan fingerprint density at radius 3 is 2.67 bits per heavy atom. The van der Waals surface area contributed by atoms with E-state index in [9.17, 15) is 17.2 Å². The Kier molecular flexibility index (Phi) is 5.36. The van der Waals surface area contributed by atoms with E-state index in [0.717, 1.165) is 28.7 Å². The summed E-state index contributed by atoms with van der Waals surface area (Å²) in [7, 11) is -3.99. The van der Waals surface area contributed by atoms with Gasteiger partial charge in [-0.3, -0.25) is 0 Å². The predicted molar refractivity (Wildman–Crippen MR) is 98.2 cm³/mol. The molecule has 144 valence electrons. The molecule has 4 rings (SSSR count). The fourth-order valence-corrected chi connectivity index (χ4v) is 4.23. The van der Waals surface area contributed by atoms with Gasteiger partial charge in [-0.05, 0) is 29.8 Å². The summed E-state index contributed by atoms with van der Waals surface area (Å²) < 4.78 is 55.9. The number of ether oxygens (including phenoxy) is 1. The van der Waals surface area contributed by atoms with Crippen molar-refractivity contribution in [2.45, 2.75) is 17.4 Å². The molecule has 1 N–H and O–H groups in total. The molecule has 0 atom stereocenters. The number of rotatable bonds is 5. The molecule has 1 fully saturated rings. The van der Waals surface area contributed by atoms with Crippen LogP contribution in [0.4, 0.5) is 8.78 Å². The SMILES string of the molecule is Cl.O=S(=O)(c1cccc(OC(F)F)c1)n1ccc2cc(C3CNC3)cnc21. The van der Waals surface area contributed by atoms with Gasteiger partial charge in [-0.15, -0.1) is 12.4 Å². The largest absolute Gasteiger partial charge is 0.435 e. The van der Waals surface area contributed by atoms with Gasteiger partial charge in [0.05, 0.1) is 4.90 Å². The molecule has 0 saturated carbocycles. The maximum atomic E-state index is 12.9. The van der Waals surface area contributed by atoms with Crippen molar-refractivity contribution >= 4 is 33.5 Å². The van der Waals surface area contributed by atoms with Gasteiger partial charge >= 0.3 is 6.61 Å². The van der Waals surface area contributed by atoms with Gasteiger partial charge < -0.3 is 10.1 Å². The van der Waals surface area contributed by atoms with Crippen molar-refractivity contribution in [2.24, 2.45) is 0 Å². The van der Waals surface area contributed by atoms with Crippen molar-refractivity contribution in [3.8, 4) is 5.75 Å². The number of nitrogens with zero attached hydrogens (tertiary/aromatic N) is 2. The van der Waals surface area contributed by atoms with Crippen molar-refractivity contribution in [1.29, 1.82) is 0 Å². The summed E-state index contributed by atoms with van der Waals surface area (Å²) in [4.78, 5) is 4.16. The van der Waals surface area contributed by atoms with E-state index in [-0.39, 0.29) is 23.1 Å². The first-order valence-corrected chi connectivity index (χ1v) is 9.37. The minimum atomic E-state index is -3.99. The molecule has 0 amide bonds. The van der Waals surface area contributed by atoms with Crippen molar-refractivity contribution in [3.05, 3.63) is 54.4 Å². The van der Waals surface area contributed by atoms with Gasteiger partial charge in [0.2, 0.25) is 0 Å². The second-order valence-corrected chi connectivity index (χ2v) is 7.82. The van der Waals surface area contributed by atoms with Crippen LogP contribution in [0.25, 0.3) is 11.0 Å². The van der Waals surface area contributed by atoms with Crippen LogP contribution >= 0.6 is 12.4 Å². The smallest absolute Gasteiger partial charge is 0.387 e. The average Bonchev–Trinajstić information content (AvgIpc) is 2.97. The molecule has 6 nitrogen and oxygen atoms in total. The molecule has 2 aromatic heterocycles. The monoisotopic (exact) mass is 415 g/mol. The van der Waals surface area contributed by atoms with E-state index in [2.05, 4.69) is 15.0 Å². The van der Waals surface area contributed by atoms with Crippen LogP contribution in [-0.4, -0.2) is 37.1 Å². The molecular formula is C17H16ClF2N3O3S. The number of hydrogen-bond donors (Lipinski definition) is 1. The van der Waals surface area contributed by atoms with Gasteiger partial charge in [-0.25, -0.2) is 17.4 Å². The molecular weight excluding hydrogens is 400 g/mol. The molecule has 27 heavy (non-hydrogen) atoms. The van der Waals surface area contributed by atoms with E-state index in [1.807, 2.05) is 6.07 Å². The lowest BCUT2D eigenvalue weighted by molar-refractivity contribution is -0.0499. The lowest BCUT2D eigenvalue weighted by Crippen LogP contribution is -2.39. The van der Waals surface area contributed by atoms with E-state index < -0.39 is 16.6 Å². The fraction of sp³-hybridized carbons (Fsp3) is 0.235. The second-order valence-electron chi connectivity index (χ2n) is 6.01. The molecule has 0 unspecified atom stereocenters. The highest BCUT2D eigenvalue weighted by Crippen LogP contribution is 2.27. The summed E-state index contributed by atoms with van der Waals surface area (Å²) >= 11 is 0. The Labute approximate surface area is 160 Å². The number of nitrogens with one attached hydrogen (secondary N) is 1. The Morgan fingerprint density at radius 1 is 1.22 bits per heavy atom. The lowest BCUT2D eigenvalue weighted by Gasteiger charge is -2.27. The topological polar surface area (TPSA) is 73.2 Å². The summed E-state index contributed by atoms with van der Waals surface area (Å²) in [5, 5.41) is 3.89. The Bertz CT molecular complexity index is 1070. The van der Waals surface area contributed by atoms with Gasteiger partial charge in [0.1, 0.15) is 5.75 Å². The highest BCUT2D eigenvalue weighted by Gasteiger charge is 2.23. The first kappa shape index (κ1) is 19.5. The highest BCUT2D eigenvalue weighted by molar-refractivity contribution is 7.90. The van der Waals surface area contributed by atoms with E-state index in [4.69, 9.17) is 0 Å². The Morgan fingerprint density at radius 2 is 2.00 bits per heavy atom. The first-order chi connectivity index (χ1) is 12.4. The van der Waals surface area contributed by atoms with Crippen molar-refractivity contribution in [3.63, 3.8) is 0 Å². The maximum absolute atomic E-state index is 12.9. The number of fused-ring (bicyclic) bond motifs is 1. The number of aromatic nitrogens is 2. The number of benzene rings is 1. The molecule has 10 heteroatoms. The number of hydrogen-bond acceptors (Lipinski definition) is 5. The van der Waals surface area contributed by atoms with Crippen LogP contribution in [-0.2, 0) is 10.0 Å². The molecule has 1 aliphatic rings. The molecule has 0 spiro atoms. The summed E-state index contributed by atoms with van der Waals surface area (Å²) in [5.41, 5.74) is 1.35. The van der Waals surface area contributed by atoms with Crippen molar-refractivity contribution in [1.82, 2.24) is 14.3 Å². The van der Waals surface area contributed by atoms with Crippen molar-refractivity contribution < 1.29 is 21.9 Å². The van der Waals surface area contributed by atoms with E-state index in [0.29, 0.717) is 17.0 Å². The molecule has 1 aliphatic heterocycles. The predicted octanol–water partition coefficient (Wildman–Crippen LogP) is 2.98. The number of halogens is 3. The van der Waals surface area contributed by atoms with Crippen molar-refractivity contribution in [2.75, 3.05) is 13.1 Å². The molecule has 0 radical (unpaired) electrons. The van der Waals surface area contributed by atoms with Gasteiger partial charge in [0.25, 0.3) is 10.0 Å². The minimum absolute atomic E-state index is 0. The van der Waals surface area contributed by atoms with Crippen LogP contribution in [0.15, 0.2) is 53.7 Å². The third-order valence-electron chi connectivity index (χ3n) is 4.35. The summed E-state index contributed by atoms with van der Waals surface area (Å²) in [6.07, 6.45) is 3.09. The van der Waals surface area contributed by atoms with Crippen LogP contribution in [0.2, 0.25) is 0 Å². The van der Waals surface area contributed by atoms with E-state index in [1.165, 1.54) is 24.4 Å². The zero-order chi connectivity index (χ0) is 18.3. The van der Waals surface area contributed by atoms with Gasteiger partial charge in [-0.2, -0.15) is 8.78 Å². The molecule has 0 aliphatic carbocycles. The van der Waals surface area contributed by atoms with Crippen LogP contribution in [0.3, 0.4) is 0 Å². The molecule has 1 aromatic carbocycles. The Balaban J connectivity index is 0.00000210. The summed E-state index contributed by atoms with van der Waals surface area (Å²) in [5.74, 6) is 0.167. The first-order valence-electron chi connectivity index (χ1n) is 7.93. The molecule has 3 aromatic rings.